The summed E-state index contributed by atoms with van der Waals surface area (Å²) in [6.45, 7) is 4.15. The van der Waals surface area contributed by atoms with Crippen LogP contribution in [0.1, 0.15) is 21.6 Å². The Hall–Kier alpha value is -2.44. The summed E-state index contributed by atoms with van der Waals surface area (Å²) in [5.41, 5.74) is 4.25. The highest BCUT2D eigenvalue weighted by Gasteiger charge is 2.18. The van der Waals surface area contributed by atoms with Gasteiger partial charge in [0.05, 0.1) is 13.1 Å². The third-order valence-electron chi connectivity index (χ3n) is 4.46. The fourth-order valence-corrected chi connectivity index (χ4v) is 3.69. The molecule has 0 unspecified atom stereocenters. The molecule has 0 atom stereocenters. The van der Waals surface area contributed by atoms with Gasteiger partial charge in [0, 0.05) is 32.3 Å². The number of aromatic amines is 1. The highest BCUT2D eigenvalue weighted by atomic mass is 79.9. The van der Waals surface area contributed by atoms with Crippen LogP contribution in [-0.4, -0.2) is 41.7 Å². The smallest absolute Gasteiger partial charge is 0.238 e. The molecule has 0 bridgehead atoms. The minimum Gasteiger partial charge on any atom is -0.358 e. The highest BCUT2D eigenvalue weighted by Crippen LogP contribution is 2.23. The van der Waals surface area contributed by atoms with Gasteiger partial charge < -0.3 is 10.3 Å². The average Bonchev–Trinajstić information content (AvgIpc) is 2.93. The first-order valence-electron chi connectivity index (χ1n) is 8.70. The van der Waals surface area contributed by atoms with Crippen molar-refractivity contribution in [2.45, 2.75) is 13.8 Å². The first-order valence-corrected chi connectivity index (χ1v) is 9.49. The maximum Gasteiger partial charge on any atom is 0.238 e. The van der Waals surface area contributed by atoms with Crippen molar-refractivity contribution in [1.29, 1.82) is 0 Å². The Kier molecular flexibility index (Phi) is 5.77. The third-order valence-corrected chi connectivity index (χ3v) is 4.96. The number of hydrogen-bond acceptors (Lipinski definition) is 3. The molecule has 0 aliphatic carbocycles. The predicted molar refractivity (Wildman–Crippen MR) is 112 cm³/mol. The molecule has 140 valence electrons. The summed E-state index contributed by atoms with van der Waals surface area (Å²) in [5, 5.41) is 3.82. The maximum absolute atomic E-state index is 12.8. The summed E-state index contributed by atoms with van der Waals surface area (Å²) in [6, 6.07) is 13.4. The number of anilines is 1. The molecule has 0 aliphatic rings. The van der Waals surface area contributed by atoms with Crippen LogP contribution in [0.2, 0.25) is 0 Å². The van der Waals surface area contributed by atoms with Gasteiger partial charge in [-0.3, -0.25) is 14.5 Å². The Morgan fingerprint density at radius 2 is 1.85 bits per heavy atom. The van der Waals surface area contributed by atoms with Crippen molar-refractivity contribution < 1.29 is 9.59 Å². The SMILES string of the molecule is Cc1cc(Br)ccc1NC(=O)CN(C)CC(=O)c1c(C)[nH]c2ccccc12. The van der Waals surface area contributed by atoms with E-state index in [2.05, 4.69) is 26.2 Å². The molecule has 0 saturated carbocycles. The van der Waals surface area contributed by atoms with Gasteiger partial charge in [-0.1, -0.05) is 34.1 Å². The van der Waals surface area contributed by atoms with Gasteiger partial charge in [-0.15, -0.1) is 0 Å². The van der Waals surface area contributed by atoms with Gasteiger partial charge in [-0.25, -0.2) is 0 Å². The average molecular weight is 428 g/mol. The summed E-state index contributed by atoms with van der Waals surface area (Å²) in [7, 11) is 1.77. The van der Waals surface area contributed by atoms with E-state index in [1.807, 2.05) is 56.3 Å². The van der Waals surface area contributed by atoms with E-state index in [1.54, 1.807) is 11.9 Å². The number of Topliss-reactive ketones (excluding diaryl/α,β-unsaturated/α-hetero) is 1. The summed E-state index contributed by atoms with van der Waals surface area (Å²) in [4.78, 5) is 30.1. The molecule has 0 radical (unpaired) electrons. The maximum atomic E-state index is 12.8. The number of carbonyl (C=O) groups is 2. The second kappa shape index (κ2) is 8.06. The minimum absolute atomic E-state index is 0.0000669. The van der Waals surface area contributed by atoms with E-state index in [9.17, 15) is 9.59 Å². The highest BCUT2D eigenvalue weighted by molar-refractivity contribution is 9.10. The van der Waals surface area contributed by atoms with Gasteiger partial charge in [0.1, 0.15) is 0 Å². The monoisotopic (exact) mass is 427 g/mol. The van der Waals surface area contributed by atoms with Crippen LogP contribution in [0.15, 0.2) is 46.9 Å². The number of carbonyl (C=O) groups excluding carboxylic acids is 2. The molecular formula is C21H22BrN3O2. The standard InChI is InChI=1S/C21H22BrN3O2/c1-13-10-15(22)8-9-17(13)24-20(27)12-25(3)11-19(26)21-14(2)23-18-7-5-4-6-16(18)21/h4-10,23H,11-12H2,1-3H3,(H,24,27). The molecule has 3 aromatic rings. The quantitative estimate of drug-likeness (QED) is 0.576. The molecule has 1 aromatic heterocycles. The van der Waals surface area contributed by atoms with Crippen LogP contribution in [0.4, 0.5) is 5.69 Å². The summed E-state index contributed by atoms with van der Waals surface area (Å²) in [5.74, 6) is -0.147. The number of rotatable bonds is 6. The normalized spacial score (nSPS) is 11.1. The Morgan fingerprint density at radius 1 is 1.11 bits per heavy atom. The molecule has 1 amide bonds. The van der Waals surface area contributed by atoms with E-state index in [0.717, 1.165) is 32.3 Å². The Bertz CT molecular complexity index is 1010. The fourth-order valence-electron chi connectivity index (χ4n) is 3.22. The van der Waals surface area contributed by atoms with E-state index in [4.69, 9.17) is 0 Å². The van der Waals surface area contributed by atoms with Gasteiger partial charge in [0.15, 0.2) is 5.78 Å². The molecule has 2 N–H and O–H groups in total. The van der Waals surface area contributed by atoms with E-state index in [0.29, 0.717) is 5.56 Å². The number of amides is 1. The number of para-hydroxylation sites is 1. The lowest BCUT2D eigenvalue weighted by atomic mass is 10.1. The van der Waals surface area contributed by atoms with Crippen molar-refractivity contribution in [1.82, 2.24) is 9.88 Å². The molecule has 1 heterocycles. The fraction of sp³-hybridized carbons (Fsp3) is 0.238. The van der Waals surface area contributed by atoms with Crippen LogP contribution in [0.3, 0.4) is 0 Å². The molecule has 3 rings (SSSR count). The molecule has 27 heavy (non-hydrogen) atoms. The topological polar surface area (TPSA) is 65.2 Å². The number of ketones is 1. The van der Waals surface area contributed by atoms with Crippen molar-refractivity contribution in [3.63, 3.8) is 0 Å². The van der Waals surface area contributed by atoms with Gasteiger partial charge in [0.25, 0.3) is 0 Å². The van der Waals surface area contributed by atoms with Crippen LogP contribution in [0, 0.1) is 13.8 Å². The van der Waals surface area contributed by atoms with Gasteiger partial charge in [-0.2, -0.15) is 0 Å². The summed E-state index contributed by atoms with van der Waals surface area (Å²) in [6.07, 6.45) is 0. The second-order valence-corrected chi connectivity index (χ2v) is 7.69. The van der Waals surface area contributed by atoms with Crippen LogP contribution in [-0.2, 0) is 4.79 Å². The first kappa shape index (κ1) is 19.3. The van der Waals surface area contributed by atoms with Crippen molar-refractivity contribution in [2.24, 2.45) is 0 Å². The van der Waals surface area contributed by atoms with E-state index in [-0.39, 0.29) is 24.8 Å². The molecule has 0 spiro atoms. The Labute approximate surface area is 166 Å². The van der Waals surface area contributed by atoms with E-state index in [1.165, 1.54) is 0 Å². The number of aryl methyl sites for hydroxylation is 2. The molecule has 0 fully saturated rings. The van der Waals surface area contributed by atoms with Crippen LogP contribution in [0.25, 0.3) is 10.9 Å². The van der Waals surface area contributed by atoms with Crippen LogP contribution < -0.4 is 5.32 Å². The first-order chi connectivity index (χ1) is 12.8. The number of likely N-dealkylation sites (N-methyl/N-ethyl adjacent to an activating group) is 1. The largest absolute Gasteiger partial charge is 0.358 e. The lowest BCUT2D eigenvalue weighted by Crippen LogP contribution is -2.34. The molecule has 6 heteroatoms. The molecule has 5 nitrogen and oxygen atoms in total. The predicted octanol–water partition coefficient (Wildman–Crippen LogP) is 4.30. The molecule has 2 aromatic carbocycles. The van der Waals surface area contributed by atoms with Crippen molar-refractivity contribution in [2.75, 3.05) is 25.5 Å². The van der Waals surface area contributed by atoms with Crippen LogP contribution in [0.5, 0.6) is 0 Å². The number of nitrogens with zero attached hydrogens (tertiary/aromatic N) is 1. The molecule has 0 aliphatic heterocycles. The Balaban J connectivity index is 1.64. The summed E-state index contributed by atoms with van der Waals surface area (Å²) < 4.78 is 0.967. The lowest BCUT2D eigenvalue weighted by molar-refractivity contribution is -0.116. The second-order valence-electron chi connectivity index (χ2n) is 6.77. The Morgan fingerprint density at radius 3 is 2.59 bits per heavy atom. The van der Waals surface area contributed by atoms with Crippen molar-refractivity contribution >= 4 is 44.2 Å². The minimum atomic E-state index is -0.147. The zero-order valence-electron chi connectivity index (χ0n) is 15.6. The molecule has 0 saturated heterocycles. The third kappa shape index (κ3) is 4.46. The van der Waals surface area contributed by atoms with Gasteiger partial charge in [-0.05, 0) is 50.7 Å². The van der Waals surface area contributed by atoms with Gasteiger partial charge >= 0.3 is 0 Å². The lowest BCUT2D eigenvalue weighted by Gasteiger charge is -2.16. The van der Waals surface area contributed by atoms with Crippen molar-refractivity contribution in [3.05, 3.63) is 63.8 Å². The van der Waals surface area contributed by atoms with Gasteiger partial charge in [0.2, 0.25) is 5.91 Å². The zero-order valence-corrected chi connectivity index (χ0v) is 17.2. The van der Waals surface area contributed by atoms with Crippen LogP contribution >= 0.6 is 15.9 Å². The number of halogens is 1. The van der Waals surface area contributed by atoms with E-state index < -0.39 is 0 Å². The number of hydrogen-bond donors (Lipinski definition) is 2. The molecular weight excluding hydrogens is 406 g/mol. The zero-order chi connectivity index (χ0) is 19.6. The number of H-pyrrole nitrogens is 1. The number of nitrogens with one attached hydrogen (secondary N) is 2. The number of benzene rings is 2. The number of aromatic nitrogens is 1. The van der Waals surface area contributed by atoms with Crippen molar-refractivity contribution in [3.8, 4) is 0 Å². The van der Waals surface area contributed by atoms with E-state index >= 15 is 0 Å². The summed E-state index contributed by atoms with van der Waals surface area (Å²) >= 11 is 3.41. The number of fused-ring (bicyclic) bond motifs is 1.